The van der Waals surface area contributed by atoms with E-state index in [-0.39, 0.29) is 5.91 Å². The lowest BCUT2D eigenvalue weighted by molar-refractivity contribution is -0.118. The summed E-state index contributed by atoms with van der Waals surface area (Å²) in [5.74, 6) is 0.00463. The van der Waals surface area contributed by atoms with Crippen LogP contribution in [0, 0.1) is 13.8 Å². The summed E-state index contributed by atoms with van der Waals surface area (Å²) >= 11 is 0. The number of hydrogen-bond donors (Lipinski definition) is 1. The van der Waals surface area contributed by atoms with Gasteiger partial charge in [0.25, 0.3) is 0 Å². The highest BCUT2D eigenvalue weighted by Crippen LogP contribution is 1.99. The summed E-state index contributed by atoms with van der Waals surface area (Å²) < 4.78 is 0. The first kappa shape index (κ1) is 11.7. The van der Waals surface area contributed by atoms with Crippen LogP contribution in [0.2, 0.25) is 0 Å². The van der Waals surface area contributed by atoms with Crippen LogP contribution >= 0.6 is 0 Å². The summed E-state index contributed by atoms with van der Waals surface area (Å²) in [5, 5.41) is 2.39. The number of aryl methyl sites for hydroxylation is 2. The molecule has 0 aliphatic carbocycles. The fourth-order valence-electron chi connectivity index (χ4n) is 0.637. The molecule has 0 saturated heterocycles. The first-order chi connectivity index (χ1) is 6.06. The molecule has 1 aromatic carbocycles. The Morgan fingerprint density at radius 1 is 1.08 bits per heavy atom. The highest BCUT2D eigenvalue weighted by molar-refractivity contribution is 5.72. The average Bonchev–Trinajstić information content (AvgIpc) is 2.11. The molecule has 0 aliphatic rings. The van der Waals surface area contributed by atoms with Gasteiger partial charge in [-0.05, 0) is 13.8 Å². The standard InChI is InChI=1S/C8H10.C3H7NO/c1-7-3-5-8(2)6-4-7;1-3(5)4-2/h3-6H,1-2H3;1-2H3,(H,4,5). The van der Waals surface area contributed by atoms with Crippen LogP contribution in [0.5, 0.6) is 0 Å². The van der Waals surface area contributed by atoms with Gasteiger partial charge in [0.2, 0.25) is 5.91 Å². The monoisotopic (exact) mass is 179 g/mol. The first-order valence-electron chi connectivity index (χ1n) is 4.28. The summed E-state index contributed by atoms with van der Waals surface area (Å²) in [4.78, 5) is 9.70. The molecule has 2 nitrogen and oxygen atoms in total. The first-order valence-corrected chi connectivity index (χ1v) is 4.28. The van der Waals surface area contributed by atoms with Crippen molar-refractivity contribution in [2.45, 2.75) is 20.8 Å². The lowest BCUT2D eigenvalue weighted by Gasteiger charge is -1.90. The maximum Gasteiger partial charge on any atom is 0.216 e. The van der Waals surface area contributed by atoms with E-state index in [0.29, 0.717) is 0 Å². The van der Waals surface area contributed by atoms with Crippen molar-refractivity contribution in [3.8, 4) is 0 Å². The maximum atomic E-state index is 9.70. The molecular weight excluding hydrogens is 162 g/mol. The summed E-state index contributed by atoms with van der Waals surface area (Å²) in [6.45, 7) is 5.67. The van der Waals surface area contributed by atoms with Crippen LogP contribution in [-0.4, -0.2) is 13.0 Å². The third-order valence-electron chi connectivity index (χ3n) is 1.57. The molecule has 2 heteroatoms. The minimum atomic E-state index is 0.00463. The molecule has 1 aromatic rings. The minimum absolute atomic E-state index is 0.00463. The van der Waals surface area contributed by atoms with Crippen LogP contribution in [0.1, 0.15) is 18.1 Å². The van der Waals surface area contributed by atoms with Crippen molar-refractivity contribution < 1.29 is 4.79 Å². The van der Waals surface area contributed by atoms with Gasteiger partial charge in [0.15, 0.2) is 0 Å². The Kier molecular flexibility index (Phi) is 5.60. The largest absolute Gasteiger partial charge is 0.359 e. The summed E-state index contributed by atoms with van der Waals surface area (Å²) in [5.41, 5.74) is 2.66. The van der Waals surface area contributed by atoms with Crippen LogP contribution < -0.4 is 5.32 Å². The molecule has 0 aromatic heterocycles. The minimum Gasteiger partial charge on any atom is -0.359 e. The van der Waals surface area contributed by atoms with E-state index in [4.69, 9.17) is 0 Å². The van der Waals surface area contributed by atoms with Gasteiger partial charge in [0.1, 0.15) is 0 Å². The zero-order valence-corrected chi connectivity index (χ0v) is 8.72. The topological polar surface area (TPSA) is 29.1 Å². The lowest BCUT2D eigenvalue weighted by Crippen LogP contribution is -2.11. The van der Waals surface area contributed by atoms with Crippen LogP contribution in [0.15, 0.2) is 24.3 Å². The second-order valence-corrected chi connectivity index (χ2v) is 2.96. The molecule has 0 saturated carbocycles. The van der Waals surface area contributed by atoms with Crippen molar-refractivity contribution in [1.29, 1.82) is 0 Å². The predicted octanol–water partition coefficient (Wildman–Crippen LogP) is 2.06. The van der Waals surface area contributed by atoms with Crippen LogP contribution in [0.25, 0.3) is 0 Å². The molecule has 0 atom stereocenters. The fourth-order valence-corrected chi connectivity index (χ4v) is 0.637. The van der Waals surface area contributed by atoms with Crippen LogP contribution in [0.3, 0.4) is 0 Å². The van der Waals surface area contributed by atoms with E-state index in [1.54, 1.807) is 7.05 Å². The Balaban J connectivity index is 0.000000252. The van der Waals surface area contributed by atoms with Crippen molar-refractivity contribution in [1.82, 2.24) is 5.32 Å². The SMILES string of the molecule is CNC(C)=O.Cc1ccc(C)cc1. The Morgan fingerprint density at radius 3 is 1.46 bits per heavy atom. The molecule has 13 heavy (non-hydrogen) atoms. The summed E-state index contributed by atoms with van der Waals surface area (Å²) in [7, 11) is 1.60. The molecule has 1 amide bonds. The number of nitrogens with one attached hydrogen (secondary N) is 1. The van der Waals surface area contributed by atoms with Crippen molar-refractivity contribution >= 4 is 5.91 Å². The number of carbonyl (C=O) groups is 1. The zero-order chi connectivity index (χ0) is 10.3. The van der Waals surface area contributed by atoms with Gasteiger partial charge >= 0.3 is 0 Å². The van der Waals surface area contributed by atoms with E-state index in [1.165, 1.54) is 18.1 Å². The summed E-state index contributed by atoms with van der Waals surface area (Å²) in [6.07, 6.45) is 0. The molecule has 0 spiro atoms. The second-order valence-electron chi connectivity index (χ2n) is 2.96. The van der Waals surface area contributed by atoms with Gasteiger partial charge in [-0.1, -0.05) is 35.4 Å². The Hall–Kier alpha value is -1.31. The van der Waals surface area contributed by atoms with E-state index in [1.807, 2.05) is 0 Å². The van der Waals surface area contributed by atoms with Crippen molar-refractivity contribution in [3.63, 3.8) is 0 Å². The highest BCUT2D eigenvalue weighted by Gasteiger charge is 1.79. The Bertz CT molecular complexity index is 230. The highest BCUT2D eigenvalue weighted by atomic mass is 16.1. The number of amides is 1. The maximum absolute atomic E-state index is 9.70. The second kappa shape index (κ2) is 6.23. The lowest BCUT2D eigenvalue weighted by atomic mass is 10.2. The van der Waals surface area contributed by atoms with E-state index in [2.05, 4.69) is 43.4 Å². The fraction of sp³-hybridized carbons (Fsp3) is 0.364. The molecular formula is C11H17NO. The van der Waals surface area contributed by atoms with Gasteiger partial charge in [0.05, 0.1) is 0 Å². The normalized spacial score (nSPS) is 8.31. The van der Waals surface area contributed by atoms with E-state index in [9.17, 15) is 4.79 Å². The van der Waals surface area contributed by atoms with Crippen LogP contribution in [0.4, 0.5) is 0 Å². The summed E-state index contributed by atoms with van der Waals surface area (Å²) in [6, 6.07) is 8.48. The Morgan fingerprint density at radius 2 is 1.31 bits per heavy atom. The van der Waals surface area contributed by atoms with Crippen molar-refractivity contribution in [2.24, 2.45) is 0 Å². The molecule has 0 aliphatic heterocycles. The number of rotatable bonds is 0. The molecule has 0 bridgehead atoms. The van der Waals surface area contributed by atoms with Crippen molar-refractivity contribution in [3.05, 3.63) is 35.4 Å². The molecule has 0 fully saturated rings. The molecule has 1 rings (SSSR count). The van der Waals surface area contributed by atoms with E-state index in [0.717, 1.165) is 0 Å². The molecule has 0 unspecified atom stereocenters. The van der Waals surface area contributed by atoms with Crippen LogP contribution in [-0.2, 0) is 4.79 Å². The van der Waals surface area contributed by atoms with E-state index >= 15 is 0 Å². The van der Waals surface area contributed by atoms with Gasteiger partial charge in [-0.25, -0.2) is 0 Å². The van der Waals surface area contributed by atoms with Gasteiger partial charge in [-0.3, -0.25) is 4.79 Å². The quantitative estimate of drug-likeness (QED) is 0.649. The third-order valence-corrected chi connectivity index (χ3v) is 1.57. The molecule has 0 radical (unpaired) electrons. The zero-order valence-electron chi connectivity index (χ0n) is 8.72. The van der Waals surface area contributed by atoms with Gasteiger partial charge in [0, 0.05) is 14.0 Å². The third kappa shape index (κ3) is 7.06. The Labute approximate surface area is 80.0 Å². The van der Waals surface area contributed by atoms with E-state index < -0.39 is 0 Å². The number of benzene rings is 1. The molecule has 0 heterocycles. The van der Waals surface area contributed by atoms with Crippen molar-refractivity contribution in [2.75, 3.05) is 7.05 Å². The van der Waals surface area contributed by atoms with Gasteiger partial charge in [-0.15, -0.1) is 0 Å². The smallest absolute Gasteiger partial charge is 0.216 e. The number of hydrogen-bond acceptors (Lipinski definition) is 1. The predicted molar refractivity (Wildman–Crippen MR) is 55.7 cm³/mol. The average molecular weight is 179 g/mol. The molecule has 72 valence electrons. The van der Waals surface area contributed by atoms with Gasteiger partial charge in [-0.2, -0.15) is 0 Å². The number of carbonyl (C=O) groups excluding carboxylic acids is 1. The molecule has 1 N–H and O–H groups in total. The van der Waals surface area contributed by atoms with Gasteiger partial charge < -0.3 is 5.32 Å².